The van der Waals surface area contributed by atoms with Crippen molar-refractivity contribution in [1.29, 1.82) is 0 Å². The normalized spacial score (nSPS) is 19.4. The molecule has 2 aromatic carbocycles. The van der Waals surface area contributed by atoms with Crippen molar-refractivity contribution in [2.24, 2.45) is 0 Å². The number of alkyl halides is 3. The second-order valence-electron chi connectivity index (χ2n) is 7.15. The van der Waals surface area contributed by atoms with Crippen molar-refractivity contribution >= 4 is 22.9 Å². The lowest BCUT2D eigenvalue weighted by molar-refractivity contribution is -0.153. The maximum Gasteiger partial charge on any atom is 0.422 e. The van der Waals surface area contributed by atoms with E-state index in [9.17, 15) is 22.8 Å². The van der Waals surface area contributed by atoms with Gasteiger partial charge in [0, 0.05) is 5.39 Å². The highest BCUT2D eigenvalue weighted by molar-refractivity contribution is 6.07. The molecule has 30 heavy (non-hydrogen) atoms. The molecule has 0 saturated carbocycles. The average Bonchev–Trinajstić information content (AvgIpc) is 3.22. The summed E-state index contributed by atoms with van der Waals surface area (Å²) in [5.41, 5.74) is -0.351. The Hall–Kier alpha value is -3.49. The van der Waals surface area contributed by atoms with Gasteiger partial charge in [-0.25, -0.2) is 4.79 Å². The van der Waals surface area contributed by atoms with Crippen LogP contribution in [0.1, 0.15) is 18.2 Å². The number of benzene rings is 2. The van der Waals surface area contributed by atoms with Crippen molar-refractivity contribution < 1.29 is 31.9 Å². The molecule has 9 heteroatoms. The molecule has 0 bridgehead atoms. The lowest BCUT2D eigenvalue weighted by Gasteiger charge is -2.19. The van der Waals surface area contributed by atoms with Crippen molar-refractivity contribution in [3.8, 4) is 5.75 Å². The summed E-state index contributed by atoms with van der Waals surface area (Å²) in [4.78, 5) is 26.6. The monoisotopic (exact) mass is 418 g/mol. The van der Waals surface area contributed by atoms with Crippen molar-refractivity contribution in [1.82, 2.24) is 10.2 Å². The number of amides is 3. The van der Waals surface area contributed by atoms with E-state index >= 15 is 0 Å². The highest BCUT2D eigenvalue weighted by Crippen LogP contribution is 2.33. The van der Waals surface area contributed by atoms with Crippen LogP contribution >= 0.6 is 0 Å². The van der Waals surface area contributed by atoms with Crippen LogP contribution in [0.25, 0.3) is 11.0 Å². The quantitative estimate of drug-likeness (QED) is 0.626. The smallest absolute Gasteiger partial charge is 0.422 e. The third-order valence-electron chi connectivity index (χ3n) is 4.83. The maximum atomic E-state index is 13.1. The van der Waals surface area contributed by atoms with Gasteiger partial charge in [0.05, 0.1) is 6.54 Å². The average molecular weight is 418 g/mol. The van der Waals surface area contributed by atoms with Crippen LogP contribution < -0.4 is 10.1 Å². The minimum Gasteiger partial charge on any atom is -0.484 e. The number of urea groups is 1. The van der Waals surface area contributed by atoms with Gasteiger partial charge in [-0.2, -0.15) is 13.2 Å². The molecule has 1 N–H and O–H groups in total. The summed E-state index contributed by atoms with van der Waals surface area (Å²) in [7, 11) is 0. The number of nitrogens with one attached hydrogen (secondary N) is 1. The molecule has 0 spiro atoms. The zero-order chi connectivity index (χ0) is 21.5. The minimum absolute atomic E-state index is 0.00285. The molecule has 3 amide bonds. The molecule has 1 fully saturated rings. The summed E-state index contributed by atoms with van der Waals surface area (Å²) in [6.07, 6.45) is -4.46. The van der Waals surface area contributed by atoms with Gasteiger partial charge in [-0.1, -0.05) is 30.3 Å². The molecule has 1 aromatic heterocycles. The van der Waals surface area contributed by atoms with Gasteiger partial charge in [0.25, 0.3) is 5.91 Å². The van der Waals surface area contributed by atoms with Gasteiger partial charge < -0.3 is 14.5 Å². The zero-order valence-electron chi connectivity index (χ0n) is 15.8. The van der Waals surface area contributed by atoms with Gasteiger partial charge >= 0.3 is 12.2 Å². The molecular weight excluding hydrogens is 401 g/mol. The minimum atomic E-state index is -4.46. The number of rotatable bonds is 5. The number of hydrogen-bond donors (Lipinski definition) is 1. The van der Waals surface area contributed by atoms with E-state index in [0.29, 0.717) is 16.9 Å². The predicted molar refractivity (Wildman–Crippen MR) is 101 cm³/mol. The molecule has 1 atom stereocenters. The molecule has 1 saturated heterocycles. The highest BCUT2D eigenvalue weighted by Gasteiger charge is 2.51. The van der Waals surface area contributed by atoms with Crippen molar-refractivity contribution in [2.45, 2.75) is 25.2 Å². The van der Waals surface area contributed by atoms with Crippen LogP contribution in [0.2, 0.25) is 0 Å². The fraction of sp³-hybridized carbons (Fsp3) is 0.238. The molecule has 4 rings (SSSR count). The Bertz CT molecular complexity index is 1090. The summed E-state index contributed by atoms with van der Waals surface area (Å²) in [6, 6.07) is 14.1. The molecule has 156 valence electrons. The molecule has 1 aliphatic rings. The maximum absolute atomic E-state index is 13.1. The van der Waals surface area contributed by atoms with Gasteiger partial charge in [-0.3, -0.25) is 9.69 Å². The number of nitrogens with zero attached hydrogens (tertiary/aromatic N) is 1. The number of carbonyl (C=O) groups is 2. The molecule has 1 aliphatic heterocycles. The number of hydrogen-bond acceptors (Lipinski definition) is 4. The van der Waals surface area contributed by atoms with Crippen LogP contribution in [0.3, 0.4) is 0 Å². The number of para-hydroxylation sites is 1. The van der Waals surface area contributed by atoms with Gasteiger partial charge in [-0.15, -0.1) is 0 Å². The highest BCUT2D eigenvalue weighted by atomic mass is 19.4. The van der Waals surface area contributed by atoms with E-state index in [4.69, 9.17) is 9.15 Å². The van der Waals surface area contributed by atoms with Crippen molar-refractivity contribution in [2.75, 3.05) is 6.61 Å². The Balaban J connectivity index is 1.55. The fourth-order valence-electron chi connectivity index (χ4n) is 3.32. The van der Waals surface area contributed by atoms with E-state index in [2.05, 4.69) is 5.32 Å². The standard InChI is InChI=1S/C21H17F3N2O4/c1-20(17-10-14-6-2-3-8-16(14)30-17)18(27)26(19(28)25-20)11-13-5-4-7-15(9-13)29-12-21(22,23)24/h2-10H,11-12H2,1H3,(H,25,28)/t20-/m0/s1. The fourth-order valence-corrected chi connectivity index (χ4v) is 3.32. The largest absolute Gasteiger partial charge is 0.484 e. The predicted octanol–water partition coefficient (Wildman–Crippen LogP) is 4.34. The summed E-state index contributed by atoms with van der Waals surface area (Å²) in [6.45, 7) is 0.00121. The van der Waals surface area contributed by atoms with Crippen LogP contribution in [0.5, 0.6) is 5.75 Å². The van der Waals surface area contributed by atoms with Crippen LogP contribution in [0.4, 0.5) is 18.0 Å². The number of furan rings is 1. The third-order valence-corrected chi connectivity index (χ3v) is 4.83. The van der Waals surface area contributed by atoms with Crippen LogP contribution in [0.15, 0.2) is 59.0 Å². The lowest BCUT2D eigenvalue weighted by atomic mass is 9.98. The van der Waals surface area contributed by atoms with Crippen molar-refractivity contribution in [3.63, 3.8) is 0 Å². The number of carbonyl (C=O) groups excluding carboxylic acids is 2. The third kappa shape index (κ3) is 3.70. The Morgan fingerprint density at radius 3 is 2.60 bits per heavy atom. The number of halogens is 3. The van der Waals surface area contributed by atoms with E-state index in [1.54, 1.807) is 31.2 Å². The van der Waals surface area contributed by atoms with E-state index in [0.717, 1.165) is 10.3 Å². The van der Waals surface area contributed by atoms with Gasteiger partial charge in [-0.05, 0) is 36.8 Å². The first-order valence-electron chi connectivity index (χ1n) is 9.07. The Labute approximate surface area is 169 Å². The van der Waals surface area contributed by atoms with Crippen LogP contribution in [-0.4, -0.2) is 29.6 Å². The number of ether oxygens (including phenoxy) is 1. The van der Waals surface area contributed by atoms with Crippen LogP contribution in [-0.2, 0) is 16.9 Å². The van der Waals surface area contributed by atoms with Gasteiger partial charge in [0.15, 0.2) is 12.1 Å². The lowest BCUT2D eigenvalue weighted by Crippen LogP contribution is -2.40. The second kappa shape index (κ2) is 7.08. The second-order valence-corrected chi connectivity index (χ2v) is 7.15. The summed E-state index contributed by atoms with van der Waals surface area (Å²) >= 11 is 0. The molecule has 2 heterocycles. The summed E-state index contributed by atoms with van der Waals surface area (Å²) in [5, 5.41) is 3.45. The number of imide groups is 1. The topological polar surface area (TPSA) is 71.8 Å². The first-order chi connectivity index (χ1) is 14.2. The summed E-state index contributed by atoms with van der Waals surface area (Å²) < 4.78 is 47.6. The molecular formula is C21H17F3N2O4. The Kier molecular flexibility index (Phi) is 4.68. The van der Waals surface area contributed by atoms with Crippen molar-refractivity contribution in [3.05, 3.63) is 65.9 Å². The van der Waals surface area contributed by atoms with E-state index in [-0.39, 0.29) is 12.3 Å². The number of fused-ring (bicyclic) bond motifs is 1. The van der Waals surface area contributed by atoms with E-state index in [1.807, 2.05) is 12.1 Å². The van der Waals surface area contributed by atoms with Gasteiger partial charge in [0.1, 0.15) is 17.1 Å². The molecule has 0 aliphatic carbocycles. The zero-order valence-corrected chi connectivity index (χ0v) is 15.8. The summed E-state index contributed by atoms with van der Waals surface area (Å²) in [5.74, 6) is -0.225. The first kappa shape index (κ1) is 19.8. The molecule has 6 nitrogen and oxygen atoms in total. The Morgan fingerprint density at radius 2 is 1.87 bits per heavy atom. The SMILES string of the molecule is C[C@@]1(c2cc3ccccc3o2)NC(=O)N(Cc2cccc(OCC(F)(F)F)c2)C1=O. The Morgan fingerprint density at radius 1 is 1.10 bits per heavy atom. The molecule has 0 unspecified atom stereocenters. The van der Waals surface area contributed by atoms with Crippen LogP contribution in [0, 0.1) is 0 Å². The van der Waals surface area contributed by atoms with E-state index in [1.165, 1.54) is 18.2 Å². The first-order valence-corrected chi connectivity index (χ1v) is 9.07. The van der Waals surface area contributed by atoms with E-state index < -0.39 is 30.3 Å². The van der Waals surface area contributed by atoms with Gasteiger partial charge in [0.2, 0.25) is 0 Å². The molecule has 3 aromatic rings. The molecule has 0 radical (unpaired) electrons.